The van der Waals surface area contributed by atoms with Gasteiger partial charge in [-0.25, -0.2) is 4.79 Å². The van der Waals surface area contributed by atoms with E-state index in [1.54, 1.807) is 20.8 Å². The summed E-state index contributed by atoms with van der Waals surface area (Å²) in [6.07, 6.45) is 1.71. The molecule has 4 heteroatoms. The fraction of sp³-hybridized carbons (Fsp3) is 0.636. The molecule has 1 N–H and O–H groups in total. The summed E-state index contributed by atoms with van der Waals surface area (Å²) in [5.41, 5.74) is 0.271. The lowest BCUT2D eigenvalue weighted by atomic mass is 10.1. The van der Waals surface area contributed by atoms with Crippen LogP contribution < -0.4 is 5.32 Å². The van der Waals surface area contributed by atoms with E-state index in [0.717, 1.165) is 19.4 Å². The highest BCUT2D eigenvalue weighted by molar-refractivity contribution is 5.93. The number of esters is 1. The Morgan fingerprint density at radius 2 is 2.20 bits per heavy atom. The number of hydrogen-bond donors (Lipinski definition) is 1. The highest BCUT2D eigenvalue weighted by atomic mass is 16.6. The van der Waals surface area contributed by atoms with Crippen LogP contribution in [0.25, 0.3) is 0 Å². The first-order valence-corrected chi connectivity index (χ1v) is 5.04. The average molecular weight is 208 g/mol. The van der Waals surface area contributed by atoms with Gasteiger partial charge in [0.2, 0.25) is 0 Å². The van der Waals surface area contributed by atoms with Crippen LogP contribution in [0.2, 0.25) is 0 Å². The van der Waals surface area contributed by atoms with Crippen LogP contribution >= 0.6 is 0 Å². The Kier molecular flexibility index (Phi) is 3.35. The van der Waals surface area contributed by atoms with Crippen LogP contribution in [0.3, 0.4) is 0 Å². The maximum atomic E-state index is 11.6. The molecule has 0 radical (unpaired) electrons. The van der Waals surface area contributed by atoms with Crippen molar-refractivity contribution >= 4 is 5.97 Å². The first-order chi connectivity index (χ1) is 6.94. The van der Waals surface area contributed by atoms with Crippen molar-refractivity contribution in [3.05, 3.63) is 11.3 Å². The lowest BCUT2D eigenvalue weighted by Gasteiger charge is -2.19. The Hall–Kier alpha value is -1.50. The van der Waals surface area contributed by atoms with Gasteiger partial charge in [0.1, 0.15) is 11.7 Å². The SMILES string of the molecule is CC(C)(C)OC(=O)C(C#N)=C1CCCN1. The summed E-state index contributed by atoms with van der Waals surface area (Å²) in [5.74, 6) is -0.533. The highest BCUT2D eigenvalue weighted by Crippen LogP contribution is 2.17. The summed E-state index contributed by atoms with van der Waals surface area (Å²) in [5, 5.41) is 11.9. The zero-order valence-corrected chi connectivity index (χ0v) is 9.39. The molecule has 0 amide bonds. The number of allylic oxidation sites excluding steroid dienone is 1. The Balaban J connectivity index is 2.81. The van der Waals surface area contributed by atoms with Gasteiger partial charge in [0.05, 0.1) is 0 Å². The van der Waals surface area contributed by atoms with Crippen LogP contribution in [-0.2, 0) is 9.53 Å². The van der Waals surface area contributed by atoms with Gasteiger partial charge < -0.3 is 10.1 Å². The summed E-state index contributed by atoms with van der Waals surface area (Å²) >= 11 is 0. The van der Waals surface area contributed by atoms with E-state index in [4.69, 9.17) is 10.00 Å². The minimum absolute atomic E-state index is 0.113. The minimum atomic E-state index is -0.557. The van der Waals surface area contributed by atoms with Crippen molar-refractivity contribution in [1.82, 2.24) is 5.32 Å². The predicted octanol–water partition coefficient (Wildman–Crippen LogP) is 1.49. The van der Waals surface area contributed by atoms with Crippen molar-refractivity contribution in [1.29, 1.82) is 5.26 Å². The summed E-state index contributed by atoms with van der Waals surface area (Å²) in [6, 6.07) is 1.91. The molecule has 1 rings (SSSR count). The molecular weight excluding hydrogens is 192 g/mol. The van der Waals surface area contributed by atoms with Gasteiger partial charge in [-0.05, 0) is 33.6 Å². The van der Waals surface area contributed by atoms with Crippen LogP contribution in [0.4, 0.5) is 0 Å². The van der Waals surface area contributed by atoms with Gasteiger partial charge in [0.25, 0.3) is 0 Å². The molecule has 1 heterocycles. The van der Waals surface area contributed by atoms with E-state index in [0.29, 0.717) is 5.70 Å². The van der Waals surface area contributed by atoms with E-state index in [1.807, 2.05) is 6.07 Å². The van der Waals surface area contributed by atoms with Crippen molar-refractivity contribution in [2.45, 2.75) is 39.2 Å². The molecule has 1 aliphatic rings. The van der Waals surface area contributed by atoms with Crippen LogP contribution in [0, 0.1) is 11.3 Å². The summed E-state index contributed by atoms with van der Waals surface area (Å²) < 4.78 is 5.14. The lowest BCUT2D eigenvalue weighted by Crippen LogP contribution is -2.26. The van der Waals surface area contributed by atoms with Crippen molar-refractivity contribution in [3.63, 3.8) is 0 Å². The zero-order chi connectivity index (χ0) is 11.5. The normalized spacial score (nSPS) is 19.1. The van der Waals surface area contributed by atoms with E-state index in [2.05, 4.69) is 5.32 Å². The fourth-order valence-electron chi connectivity index (χ4n) is 1.37. The first-order valence-electron chi connectivity index (χ1n) is 5.04. The zero-order valence-electron chi connectivity index (χ0n) is 9.39. The number of carbonyl (C=O) groups is 1. The molecule has 82 valence electrons. The Morgan fingerprint density at radius 1 is 1.53 bits per heavy atom. The summed E-state index contributed by atoms with van der Waals surface area (Å²) in [6.45, 7) is 6.18. The summed E-state index contributed by atoms with van der Waals surface area (Å²) in [4.78, 5) is 11.6. The Bertz CT molecular complexity index is 323. The highest BCUT2D eigenvalue weighted by Gasteiger charge is 2.24. The largest absolute Gasteiger partial charge is 0.456 e. The Labute approximate surface area is 89.9 Å². The maximum Gasteiger partial charge on any atom is 0.351 e. The van der Waals surface area contributed by atoms with E-state index in [1.165, 1.54) is 0 Å². The number of hydrogen-bond acceptors (Lipinski definition) is 4. The van der Waals surface area contributed by atoms with Crippen LogP contribution in [-0.4, -0.2) is 18.1 Å². The van der Waals surface area contributed by atoms with Crippen molar-refractivity contribution in [3.8, 4) is 6.07 Å². The molecule has 0 atom stereocenters. The van der Waals surface area contributed by atoms with Crippen LogP contribution in [0.5, 0.6) is 0 Å². The molecule has 0 saturated carbocycles. The monoisotopic (exact) mass is 208 g/mol. The van der Waals surface area contributed by atoms with Crippen LogP contribution in [0.15, 0.2) is 11.3 Å². The number of rotatable bonds is 1. The molecular formula is C11H16N2O2. The van der Waals surface area contributed by atoms with E-state index in [9.17, 15) is 4.79 Å². The molecule has 0 unspecified atom stereocenters. The second-order valence-electron chi connectivity index (χ2n) is 4.50. The third-order valence-corrected chi connectivity index (χ3v) is 1.96. The van der Waals surface area contributed by atoms with Gasteiger partial charge in [0, 0.05) is 12.2 Å². The predicted molar refractivity (Wildman–Crippen MR) is 55.7 cm³/mol. The van der Waals surface area contributed by atoms with Gasteiger partial charge in [-0.15, -0.1) is 0 Å². The smallest absolute Gasteiger partial charge is 0.351 e. The number of carbonyl (C=O) groups excluding carboxylic acids is 1. The summed E-state index contributed by atoms with van der Waals surface area (Å²) in [7, 11) is 0. The molecule has 4 nitrogen and oxygen atoms in total. The topological polar surface area (TPSA) is 62.1 Å². The third kappa shape index (κ3) is 3.28. The molecule has 0 aromatic carbocycles. The maximum absolute atomic E-state index is 11.6. The second kappa shape index (κ2) is 4.35. The molecule has 0 spiro atoms. The lowest BCUT2D eigenvalue weighted by molar-refractivity contribution is -0.149. The number of nitriles is 1. The first kappa shape index (κ1) is 11.6. The number of ether oxygens (including phenoxy) is 1. The third-order valence-electron chi connectivity index (χ3n) is 1.96. The molecule has 0 aromatic heterocycles. The quantitative estimate of drug-likeness (QED) is 0.403. The Morgan fingerprint density at radius 3 is 2.60 bits per heavy atom. The van der Waals surface area contributed by atoms with Crippen LogP contribution in [0.1, 0.15) is 33.6 Å². The molecule has 0 aliphatic carbocycles. The van der Waals surface area contributed by atoms with E-state index < -0.39 is 11.6 Å². The molecule has 15 heavy (non-hydrogen) atoms. The van der Waals surface area contributed by atoms with Gasteiger partial charge in [-0.2, -0.15) is 5.26 Å². The van der Waals surface area contributed by atoms with Crippen molar-refractivity contribution in [2.24, 2.45) is 0 Å². The van der Waals surface area contributed by atoms with E-state index in [-0.39, 0.29) is 5.57 Å². The van der Waals surface area contributed by atoms with Gasteiger partial charge in [0.15, 0.2) is 5.57 Å². The number of nitrogens with one attached hydrogen (secondary N) is 1. The van der Waals surface area contributed by atoms with Gasteiger partial charge in [-0.1, -0.05) is 0 Å². The fourth-order valence-corrected chi connectivity index (χ4v) is 1.37. The van der Waals surface area contributed by atoms with Crippen molar-refractivity contribution in [2.75, 3.05) is 6.54 Å². The van der Waals surface area contributed by atoms with Crippen molar-refractivity contribution < 1.29 is 9.53 Å². The standard InChI is InChI=1S/C11H16N2O2/c1-11(2,3)15-10(14)8(7-12)9-5-4-6-13-9/h13H,4-6H2,1-3H3. The number of nitrogens with zero attached hydrogens (tertiary/aromatic N) is 1. The second-order valence-corrected chi connectivity index (χ2v) is 4.50. The van der Waals surface area contributed by atoms with E-state index >= 15 is 0 Å². The molecule has 1 fully saturated rings. The van der Waals surface area contributed by atoms with Gasteiger partial charge in [-0.3, -0.25) is 0 Å². The average Bonchev–Trinajstić information content (AvgIpc) is 2.54. The molecule has 1 saturated heterocycles. The van der Waals surface area contributed by atoms with Gasteiger partial charge >= 0.3 is 5.97 Å². The molecule has 0 bridgehead atoms. The molecule has 0 aromatic rings. The molecule has 1 aliphatic heterocycles. The minimum Gasteiger partial charge on any atom is -0.456 e.